The SMILES string of the molecule is CC1CN(c2nc3ccccc3nc2SCC(=O)Nc2ccccc2)CC(C)O1. The predicted octanol–water partition coefficient (Wildman–Crippen LogP) is 3.97. The van der Waals surface area contributed by atoms with Crippen LogP contribution in [-0.2, 0) is 9.53 Å². The Balaban J connectivity index is 1.57. The summed E-state index contributed by atoms with van der Waals surface area (Å²) in [4.78, 5) is 24.3. The van der Waals surface area contributed by atoms with Crippen LogP contribution in [-0.4, -0.2) is 46.9 Å². The van der Waals surface area contributed by atoms with Gasteiger partial charge in [0.1, 0.15) is 5.03 Å². The molecule has 4 rings (SSSR count). The van der Waals surface area contributed by atoms with Crippen molar-refractivity contribution in [1.29, 1.82) is 0 Å². The molecule has 0 aliphatic carbocycles. The molecule has 2 unspecified atom stereocenters. The third-order valence-corrected chi connectivity index (χ3v) is 5.59. The molecule has 29 heavy (non-hydrogen) atoms. The summed E-state index contributed by atoms with van der Waals surface area (Å²) in [6, 6.07) is 17.3. The third kappa shape index (κ3) is 4.86. The van der Waals surface area contributed by atoms with Gasteiger partial charge < -0.3 is 15.0 Å². The lowest BCUT2D eigenvalue weighted by Gasteiger charge is -2.36. The first-order valence-corrected chi connectivity index (χ1v) is 10.7. The number of carbonyl (C=O) groups excluding carboxylic acids is 1. The predicted molar refractivity (Wildman–Crippen MR) is 118 cm³/mol. The van der Waals surface area contributed by atoms with Gasteiger partial charge in [-0.3, -0.25) is 4.79 Å². The van der Waals surface area contributed by atoms with Gasteiger partial charge in [-0.25, -0.2) is 9.97 Å². The molecule has 0 radical (unpaired) electrons. The van der Waals surface area contributed by atoms with Gasteiger partial charge in [-0.15, -0.1) is 0 Å². The second-order valence-electron chi connectivity index (χ2n) is 7.21. The van der Waals surface area contributed by atoms with E-state index in [1.54, 1.807) is 0 Å². The minimum Gasteiger partial charge on any atom is -0.372 e. The molecule has 6 nitrogen and oxygen atoms in total. The number of thioether (sulfide) groups is 1. The summed E-state index contributed by atoms with van der Waals surface area (Å²) >= 11 is 1.42. The lowest BCUT2D eigenvalue weighted by atomic mass is 10.2. The molecule has 0 bridgehead atoms. The van der Waals surface area contributed by atoms with E-state index in [9.17, 15) is 4.79 Å². The molecule has 2 aromatic carbocycles. The van der Waals surface area contributed by atoms with Crippen LogP contribution < -0.4 is 10.2 Å². The van der Waals surface area contributed by atoms with E-state index in [0.29, 0.717) is 0 Å². The molecule has 0 spiro atoms. The highest BCUT2D eigenvalue weighted by atomic mass is 32.2. The van der Waals surface area contributed by atoms with Crippen LogP contribution in [0.3, 0.4) is 0 Å². The molecule has 2 atom stereocenters. The van der Waals surface area contributed by atoms with Crippen LogP contribution in [0.2, 0.25) is 0 Å². The lowest BCUT2D eigenvalue weighted by molar-refractivity contribution is -0.113. The van der Waals surface area contributed by atoms with Gasteiger partial charge in [0.05, 0.1) is 29.0 Å². The number of nitrogens with one attached hydrogen (secondary N) is 1. The normalized spacial score (nSPS) is 19.3. The second kappa shape index (κ2) is 8.80. The van der Waals surface area contributed by atoms with Gasteiger partial charge >= 0.3 is 0 Å². The molecule has 1 aromatic heterocycles. The van der Waals surface area contributed by atoms with Gasteiger partial charge in [0.25, 0.3) is 0 Å². The molecule has 7 heteroatoms. The highest BCUT2D eigenvalue weighted by Gasteiger charge is 2.26. The van der Waals surface area contributed by atoms with Crippen LogP contribution in [0.4, 0.5) is 11.5 Å². The van der Waals surface area contributed by atoms with Crippen molar-refractivity contribution in [2.45, 2.75) is 31.1 Å². The largest absolute Gasteiger partial charge is 0.372 e. The fourth-order valence-electron chi connectivity index (χ4n) is 3.48. The molecule has 1 amide bonds. The number of hydrogen-bond donors (Lipinski definition) is 1. The summed E-state index contributed by atoms with van der Waals surface area (Å²) in [5, 5.41) is 3.69. The molecule has 0 saturated carbocycles. The number of para-hydroxylation sites is 3. The van der Waals surface area contributed by atoms with Crippen molar-refractivity contribution in [3.63, 3.8) is 0 Å². The van der Waals surface area contributed by atoms with Gasteiger partial charge in [0.2, 0.25) is 5.91 Å². The van der Waals surface area contributed by atoms with Crippen molar-refractivity contribution in [2.24, 2.45) is 0 Å². The molecule has 1 aliphatic heterocycles. The number of morpholine rings is 1. The molecule has 1 saturated heterocycles. The number of aromatic nitrogens is 2. The van der Waals surface area contributed by atoms with Crippen LogP contribution in [0.1, 0.15) is 13.8 Å². The molecule has 1 N–H and O–H groups in total. The molecular formula is C22H24N4O2S. The minimum absolute atomic E-state index is 0.0641. The van der Waals surface area contributed by atoms with Crippen LogP contribution >= 0.6 is 11.8 Å². The number of anilines is 2. The Morgan fingerprint density at radius 3 is 2.34 bits per heavy atom. The highest BCUT2D eigenvalue weighted by molar-refractivity contribution is 8.00. The topological polar surface area (TPSA) is 67.4 Å². The van der Waals surface area contributed by atoms with Crippen molar-refractivity contribution in [2.75, 3.05) is 29.1 Å². The fourth-order valence-corrected chi connectivity index (χ4v) is 4.29. The lowest BCUT2D eigenvalue weighted by Crippen LogP contribution is -2.46. The number of hydrogen-bond acceptors (Lipinski definition) is 6. The molecular weight excluding hydrogens is 384 g/mol. The number of benzene rings is 2. The van der Waals surface area contributed by atoms with Gasteiger partial charge in [0, 0.05) is 18.8 Å². The van der Waals surface area contributed by atoms with E-state index in [1.165, 1.54) is 11.8 Å². The van der Waals surface area contributed by atoms with Crippen LogP contribution in [0.5, 0.6) is 0 Å². The van der Waals surface area contributed by atoms with E-state index in [0.717, 1.165) is 40.7 Å². The standard InChI is InChI=1S/C22H24N4O2S/c1-15-12-26(13-16(2)28-15)21-22(25-19-11-7-6-10-18(19)24-21)29-14-20(27)23-17-8-4-3-5-9-17/h3-11,15-16H,12-14H2,1-2H3,(H,23,27). The van der Waals surface area contributed by atoms with Gasteiger partial charge in [-0.1, -0.05) is 42.1 Å². The monoisotopic (exact) mass is 408 g/mol. The Hall–Kier alpha value is -2.64. The van der Waals surface area contributed by atoms with Crippen LogP contribution in [0.25, 0.3) is 11.0 Å². The van der Waals surface area contributed by atoms with Gasteiger partial charge in [-0.05, 0) is 38.1 Å². The maximum Gasteiger partial charge on any atom is 0.234 e. The van der Waals surface area contributed by atoms with Gasteiger partial charge in [-0.2, -0.15) is 0 Å². The molecule has 2 heterocycles. The van der Waals surface area contributed by atoms with E-state index < -0.39 is 0 Å². The summed E-state index contributed by atoms with van der Waals surface area (Å²) in [7, 11) is 0. The Morgan fingerprint density at radius 2 is 1.66 bits per heavy atom. The van der Waals surface area contributed by atoms with Crippen molar-refractivity contribution < 1.29 is 9.53 Å². The van der Waals surface area contributed by atoms with Crippen molar-refractivity contribution >= 4 is 40.2 Å². The smallest absolute Gasteiger partial charge is 0.234 e. The second-order valence-corrected chi connectivity index (χ2v) is 8.17. The number of amides is 1. The molecule has 3 aromatic rings. The van der Waals surface area contributed by atoms with E-state index >= 15 is 0 Å². The summed E-state index contributed by atoms with van der Waals surface area (Å²) in [5.74, 6) is 1.03. The summed E-state index contributed by atoms with van der Waals surface area (Å²) < 4.78 is 5.87. The number of carbonyl (C=O) groups is 1. The van der Waals surface area contributed by atoms with Crippen molar-refractivity contribution in [1.82, 2.24) is 9.97 Å². The van der Waals surface area contributed by atoms with Crippen molar-refractivity contribution in [3.8, 4) is 0 Å². The van der Waals surface area contributed by atoms with E-state index in [1.807, 2.05) is 54.6 Å². The first-order valence-electron chi connectivity index (χ1n) is 9.73. The first-order chi connectivity index (χ1) is 14.1. The van der Waals surface area contributed by atoms with Crippen LogP contribution in [0, 0.1) is 0 Å². The van der Waals surface area contributed by atoms with E-state index in [2.05, 4.69) is 24.1 Å². The van der Waals surface area contributed by atoms with Crippen molar-refractivity contribution in [3.05, 3.63) is 54.6 Å². The number of nitrogens with zero attached hydrogens (tertiary/aromatic N) is 3. The summed E-state index contributed by atoms with van der Waals surface area (Å²) in [5.41, 5.74) is 2.47. The quantitative estimate of drug-likeness (QED) is 0.644. The molecule has 1 fully saturated rings. The average molecular weight is 409 g/mol. The maximum atomic E-state index is 12.4. The fraction of sp³-hybridized carbons (Fsp3) is 0.318. The third-order valence-electron chi connectivity index (χ3n) is 4.64. The zero-order valence-electron chi connectivity index (χ0n) is 16.5. The summed E-state index contributed by atoms with van der Waals surface area (Å²) in [6.45, 7) is 5.64. The minimum atomic E-state index is -0.0641. The Labute approximate surface area is 174 Å². The van der Waals surface area contributed by atoms with Gasteiger partial charge in [0.15, 0.2) is 5.82 Å². The maximum absolute atomic E-state index is 12.4. The number of ether oxygens (including phenoxy) is 1. The van der Waals surface area contributed by atoms with Crippen LogP contribution in [0.15, 0.2) is 59.6 Å². The highest BCUT2D eigenvalue weighted by Crippen LogP contribution is 2.31. The number of rotatable bonds is 5. The Morgan fingerprint density at radius 1 is 1.03 bits per heavy atom. The Kier molecular flexibility index (Phi) is 5.97. The van der Waals surface area contributed by atoms with E-state index in [4.69, 9.17) is 14.7 Å². The first kappa shape index (κ1) is 19.7. The molecule has 150 valence electrons. The van der Waals surface area contributed by atoms with E-state index in [-0.39, 0.29) is 23.9 Å². The zero-order valence-corrected chi connectivity index (χ0v) is 17.4. The Bertz CT molecular complexity index is 989. The average Bonchev–Trinajstić information content (AvgIpc) is 2.71. The number of fused-ring (bicyclic) bond motifs is 1. The molecule has 1 aliphatic rings. The zero-order chi connectivity index (χ0) is 20.2. The summed E-state index contributed by atoms with van der Waals surface area (Å²) in [6.07, 6.45) is 0.234.